The number of ether oxygens (including phenoxy) is 2. The van der Waals surface area contributed by atoms with E-state index < -0.39 is 29.2 Å². The Bertz CT molecular complexity index is 723. The van der Waals surface area contributed by atoms with Gasteiger partial charge in [0.2, 0.25) is 0 Å². The quantitative estimate of drug-likeness (QED) is 0.467. The van der Waals surface area contributed by atoms with Crippen molar-refractivity contribution in [1.29, 1.82) is 0 Å². The zero-order valence-electron chi connectivity index (χ0n) is 14.6. The molecule has 0 unspecified atom stereocenters. The lowest BCUT2D eigenvalue weighted by molar-refractivity contribution is -0.171. The second-order valence-corrected chi connectivity index (χ2v) is 6.77. The minimum Gasteiger partial charge on any atom is -0.469 e. The molecular weight excluding hydrogens is 320 g/mol. The maximum Gasteiger partial charge on any atom is 0.314 e. The van der Waals surface area contributed by atoms with Crippen LogP contribution in [-0.2, 0) is 19.1 Å². The zero-order chi connectivity index (χ0) is 18.2. The van der Waals surface area contributed by atoms with Gasteiger partial charge in [-0.15, -0.1) is 0 Å². The third kappa shape index (κ3) is 2.41. The van der Waals surface area contributed by atoms with E-state index in [2.05, 4.69) is 0 Å². The van der Waals surface area contributed by atoms with Gasteiger partial charge in [0.05, 0.1) is 25.6 Å². The Balaban J connectivity index is 2.10. The van der Waals surface area contributed by atoms with Gasteiger partial charge in [0.1, 0.15) is 0 Å². The highest BCUT2D eigenvalue weighted by Crippen LogP contribution is 2.61. The van der Waals surface area contributed by atoms with E-state index in [0.717, 1.165) is 0 Å². The number of methoxy groups -OCH3 is 2. The van der Waals surface area contributed by atoms with Crippen molar-refractivity contribution in [2.75, 3.05) is 14.2 Å². The van der Waals surface area contributed by atoms with Crippen LogP contribution in [0.4, 0.5) is 0 Å². The van der Waals surface area contributed by atoms with E-state index in [1.54, 1.807) is 31.2 Å². The lowest BCUT2D eigenvalue weighted by Crippen LogP contribution is -2.53. The van der Waals surface area contributed by atoms with Gasteiger partial charge in [-0.25, -0.2) is 0 Å². The maximum atomic E-state index is 13.1. The van der Waals surface area contributed by atoms with Gasteiger partial charge in [-0.3, -0.25) is 14.4 Å². The average Bonchev–Trinajstić information content (AvgIpc) is 3.26. The van der Waals surface area contributed by atoms with E-state index in [1.165, 1.54) is 14.2 Å². The summed E-state index contributed by atoms with van der Waals surface area (Å²) < 4.78 is 10.1. The molecule has 5 nitrogen and oxygen atoms in total. The van der Waals surface area contributed by atoms with Crippen molar-refractivity contribution in [2.24, 2.45) is 29.1 Å². The largest absolute Gasteiger partial charge is 0.469 e. The highest BCUT2D eigenvalue weighted by atomic mass is 16.5. The first-order valence-electron chi connectivity index (χ1n) is 8.42. The number of rotatable bonds is 5. The van der Waals surface area contributed by atoms with Gasteiger partial charge >= 0.3 is 11.9 Å². The number of allylic oxidation sites excluding steroid dienone is 2. The molecule has 5 atom stereocenters. The Hall–Kier alpha value is -2.43. The number of hydrogen-bond donors (Lipinski definition) is 0. The number of benzene rings is 1. The van der Waals surface area contributed by atoms with Crippen molar-refractivity contribution in [2.45, 2.75) is 13.3 Å². The predicted molar refractivity (Wildman–Crippen MR) is 90.6 cm³/mol. The molecule has 132 valence electrons. The van der Waals surface area contributed by atoms with E-state index in [-0.39, 0.29) is 17.6 Å². The lowest BCUT2D eigenvalue weighted by Gasteiger charge is -2.41. The molecule has 1 aromatic carbocycles. The third-order valence-corrected chi connectivity index (χ3v) is 5.84. The maximum absolute atomic E-state index is 13.1. The Labute approximate surface area is 147 Å². The molecule has 2 aliphatic rings. The summed E-state index contributed by atoms with van der Waals surface area (Å²) in [5.74, 6) is -2.87. The molecular formula is C20H22O5. The first kappa shape index (κ1) is 17.4. The third-order valence-electron chi connectivity index (χ3n) is 5.84. The van der Waals surface area contributed by atoms with Crippen molar-refractivity contribution in [3.05, 3.63) is 48.0 Å². The lowest BCUT2D eigenvalue weighted by atomic mass is 9.59. The molecule has 2 aliphatic carbocycles. The summed E-state index contributed by atoms with van der Waals surface area (Å²) in [6.07, 6.45) is 4.55. The molecule has 0 saturated heterocycles. The number of carbonyl (C=O) groups is 3. The normalized spacial score (nSPS) is 30.8. The molecule has 3 rings (SSSR count). The summed E-state index contributed by atoms with van der Waals surface area (Å²) in [5.41, 5.74) is -0.706. The Morgan fingerprint density at radius 3 is 2.36 bits per heavy atom. The molecule has 0 radical (unpaired) electrons. The van der Waals surface area contributed by atoms with Gasteiger partial charge in [-0.05, 0) is 18.3 Å². The van der Waals surface area contributed by atoms with Gasteiger partial charge < -0.3 is 9.47 Å². The second kappa shape index (κ2) is 6.47. The zero-order valence-corrected chi connectivity index (χ0v) is 14.6. The predicted octanol–water partition coefficient (Wildman–Crippen LogP) is 2.66. The van der Waals surface area contributed by atoms with Crippen LogP contribution in [0, 0.1) is 29.1 Å². The van der Waals surface area contributed by atoms with Crippen LogP contribution >= 0.6 is 0 Å². The molecule has 0 spiro atoms. The first-order valence-corrected chi connectivity index (χ1v) is 8.42. The summed E-state index contributed by atoms with van der Waals surface area (Å²) >= 11 is 0. The van der Waals surface area contributed by atoms with Crippen LogP contribution in [0.25, 0.3) is 0 Å². The second-order valence-electron chi connectivity index (χ2n) is 6.77. The summed E-state index contributed by atoms with van der Waals surface area (Å²) in [6.45, 7) is 1.72. The van der Waals surface area contributed by atoms with Gasteiger partial charge in [-0.1, -0.05) is 49.4 Å². The van der Waals surface area contributed by atoms with Gasteiger partial charge in [0.15, 0.2) is 5.78 Å². The molecule has 1 fully saturated rings. The van der Waals surface area contributed by atoms with Crippen LogP contribution in [0.1, 0.15) is 23.7 Å². The topological polar surface area (TPSA) is 69.7 Å². The highest BCUT2D eigenvalue weighted by Gasteiger charge is 2.67. The summed E-state index contributed by atoms with van der Waals surface area (Å²) in [6, 6.07) is 8.83. The fourth-order valence-electron chi connectivity index (χ4n) is 4.70. The Morgan fingerprint density at radius 1 is 1.08 bits per heavy atom. The standard InChI is InChI=1S/C20H22O5/c1-12(17(21)13-7-5-4-6-8-13)20(19(23)25-3)15-10-9-14(11-15)16(20)18(22)24-2/h4-10,12,14-16H,11H2,1-3H3/t12-,14-,15+,16+,20-/m0/s1. The molecule has 0 aliphatic heterocycles. The van der Waals surface area contributed by atoms with E-state index in [0.29, 0.717) is 12.0 Å². The van der Waals surface area contributed by atoms with Crippen LogP contribution < -0.4 is 0 Å². The number of hydrogen-bond acceptors (Lipinski definition) is 5. The molecule has 1 saturated carbocycles. The number of ketones is 1. The van der Waals surface area contributed by atoms with Crippen molar-refractivity contribution >= 4 is 17.7 Å². The van der Waals surface area contributed by atoms with E-state index in [9.17, 15) is 14.4 Å². The number of carbonyl (C=O) groups excluding carboxylic acids is 3. The molecule has 0 heterocycles. The van der Waals surface area contributed by atoms with E-state index >= 15 is 0 Å². The van der Waals surface area contributed by atoms with Crippen LogP contribution in [0.3, 0.4) is 0 Å². The van der Waals surface area contributed by atoms with E-state index in [1.807, 2.05) is 18.2 Å². The van der Waals surface area contributed by atoms with Gasteiger partial charge in [0.25, 0.3) is 0 Å². The summed E-state index contributed by atoms with van der Waals surface area (Å²) in [5, 5.41) is 0. The van der Waals surface area contributed by atoms with Crippen LogP contribution in [-0.4, -0.2) is 31.9 Å². The molecule has 2 bridgehead atoms. The molecule has 1 aromatic rings. The minimum absolute atomic E-state index is 0.109. The monoisotopic (exact) mass is 342 g/mol. The van der Waals surface area contributed by atoms with Crippen LogP contribution in [0.15, 0.2) is 42.5 Å². The fraction of sp³-hybridized carbons (Fsp3) is 0.450. The molecule has 25 heavy (non-hydrogen) atoms. The van der Waals surface area contributed by atoms with Crippen molar-refractivity contribution in [1.82, 2.24) is 0 Å². The molecule has 0 aromatic heterocycles. The summed E-state index contributed by atoms with van der Waals surface area (Å²) in [7, 11) is 2.61. The van der Waals surface area contributed by atoms with Crippen molar-refractivity contribution in [3.63, 3.8) is 0 Å². The van der Waals surface area contributed by atoms with Gasteiger partial charge in [0, 0.05) is 11.5 Å². The van der Waals surface area contributed by atoms with Crippen LogP contribution in [0.2, 0.25) is 0 Å². The van der Waals surface area contributed by atoms with Crippen molar-refractivity contribution < 1.29 is 23.9 Å². The van der Waals surface area contributed by atoms with Gasteiger partial charge in [-0.2, -0.15) is 0 Å². The minimum atomic E-state index is -1.23. The molecule has 0 amide bonds. The Kier molecular flexibility index (Phi) is 4.50. The number of fused-ring (bicyclic) bond motifs is 2. The smallest absolute Gasteiger partial charge is 0.314 e. The average molecular weight is 342 g/mol. The first-order chi connectivity index (χ1) is 12.0. The molecule has 0 N–H and O–H groups in total. The Morgan fingerprint density at radius 2 is 1.76 bits per heavy atom. The van der Waals surface area contributed by atoms with Crippen LogP contribution in [0.5, 0.6) is 0 Å². The number of esters is 2. The fourth-order valence-corrected chi connectivity index (χ4v) is 4.70. The van der Waals surface area contributed by atoms with Crippen molar-refractivity contribution in [3.8, 4) is 0 Å². The summed E-state index contributed by atoms with van der Waals surface area (Å²) in [4.78, 5) is 38.6. The SMILES string of the molecule is COC(=O)[C@H]1[C@H]2C=C[C@H](C2)[C@@]1(C(=O)OC)[C@@H](C)C(=O)c1ccccc1. The highest BCUT2D eigenvalue weighted by molar-refractivity contribution is 6.02. The number of Topliss-reactive ketones (excluding diaryl/α,β-unsaturated/α-hetero) is 1. The van der Waals surface area contributed by atoms with E-state index in [4.69, 9.17) is 9.47 Å². The molecule has 5 heteroatoms.